The van der Waals surface area contributed by atoms with Crippen LogP contribution in [0, 0.1) is 11.3 Å². The molecule has 1 unspecified atom stereocenters. The molecule has 7 heteroatoms. The summed E-state index contributed by atoms with van der Waals surface area (Å²) in [7, 11) is 1.75. The smallest absolute Gasteiger partial charge is 0.349 e. The fourth-order valence-corrected chi connectivity index (χ4v) is 2.22. The lowest BCUT2D eigenvalue weighted by molar-refractivity contribution is 0.0702. The Balaban J connectivity index is 2.93. The third kappa shape index (κ3) is 2.62. The van der Waals surface area contributed by atoms with Crippen LogP contribution < -0.4 is 4.90 Å². The number of anilines is 1. The second kappa shape index (κ2) is 5.14. The Labute approximate surface area is 102 Å². The first-order chi connectivity index (χ1) is 7.47. The first-order valence-corrected chi connectivity index (χ1v) is 5.66. The van der Waals surface area contributed by atoms with Gasteiger partial charge in [0.15, 0.2) is 15.2 Å². The molecular formula is C9H10ClN3O2S. The summed E-state index contributed by atoms with van der Waals surface area (Å²) in [5.74, 6) is -1.09. The molecule has 0 amide bonds. The summed E-state index contributed by atoms with van der Waals surface area (Å²) in [5.41, 5.74) is 0. The van der Waals surface area contributed by atoms with Crippen molar-refractivity contribution in [3.63, 3.8) is 0 Å². The van der Waals surface area contributed by atoms with Gasteiger partial charge in [-0.25, -0.2) is 9.78 Å². The molecule has 0 aliphatic heterocycles. The largest absolute Gasteiger partial charge is 0.477 e. The number of halogens is 1. The van der Waals surface area contributed by atoms with Gasteiger partial charge in [-0.1, -0.05) is 22.9 Å². The molecule has 16 heavy (non-hydrogen) atoms. The van der Waals surface area contributed by atoms with Gasteiger partial charge in [0.25, 0.3) is 0 Å². The number of aromatic carboxylic acids is 1. The Morgan fingerprint density at radius 3 is 2.88 bits per heavy atom. The maximum Gasteiger partial charge on any atom is 0.349 e. The topological polar surface area (TPSA) is 77.2 Å². The molecule has 1 N–H and O–H groups in total. The van der Waals surface area contributed by atoms with E-state index in [4.69, 9.17) is 22.0 Å². The fraction of sp³-hybridized carbons (Fsp3) is 0.444. The van der Waals surface area contributed by atoms with Crippen LogP contribution in [0.3, 0.4) is 0 Å². The number of carbonyl (C=O) groups is 1. The van der Waals surface area contributed by atoms with Crippen LogP contribution >= 0.6 is 22.9 Å². The van der Waals surface area contributed by atoms with Crippen molar-refractivity contribution in [1.82, 2.24) is 4.98 Å². The maximum absolute atomic E-state index is 10.8. The van der Waals surface area contributed by atoms with Crippen molar-refractivity contribution in [2.45, 2.75) is 19.4 Å². The molecule has 0 aliphatic rings. The normalized spacial score (nSPS) is 11.9. The molecule has 0 fully saturated rings. The van der Waals surface area contributed by atoms with E-state index in [0.29, 0.717) is 11.6 Å². The standard InChI is InChI=1S/C9H10ClN3O2S/c1-5(3-4-11)13(2)9-12-7(10)6(16-9)8(14)15/h5H,3H2,1-2H3,(H,14,15). The van der Waals surface area contributed by atoms with Gasteiger partial charge in [-0.2, -0.15) is 5.26 Å². The highest BCUT2D eigenvalue weighted by Crippen LogP contribution is 2.30. The fourth-order valence-electron chi connectivity index (χ4n) is 1.03. The number of thiazole rings is 1. The van der Waals surface area contributed by atoms with Crippen molar-refractivity contribution < 1.29 is 9.90 Å². The van der Waals surface area contributed by atoms with Gasteiger partial charge in [0.2, 0.25) is 0 Å². The minimum Gasteiger partial charge on any atom is -0.477 e. The van der Waals surface area contributed by atoms with Crippen molar-refractivity contribution in [3.8, 4) is 6.07 Å². The number of nitrogens with zero attached hydrogens (tertiary/aromatic N) is 3. The lowest BCUT2D eigenvalue weighted by Gasteiger charge is -2.21. The summed E-state index contributed by atoms with van der Waals surface area (Å²) >= 11 is 6.70. The molecule has 1 aromatic heterocycles. The molecular weight excluding hydrogens is 250 g/mol. The van der Waals surface area contributed by atoms with Crippen molar-refractivity contribution in [1.29, 1.82) is 5.26 Å². The molecule has 1 aromatic rings. The zero-order valence-electron chi connectivity index (χ0n) is 8.77. The summed E-state index contributed by atoms with van der Waals surface area (Å²) in [6.45, 7) is 1.86. The molecule has 5 nitrogen and oxygen atoms in total. The van der Waals surface area contributed by atoms with E-state index in [2.05, 4.69) is 4.98 Å². The zero-order valence-corrected chi connectivity index (χ0v) is 10.3. The summed E-state index contributed by atoms with van der Waals surface area (Å²) in [6.07, 6.45) is 0.343. The van der Waals surface area contributed by atoms with Gasteiger partial charge >= 0.3 is 5.97 Å². The van der Waals surface area contributed by atoms with Crippen LogP contribution in [0.5, 0.6) is 0 Å². The number of carboxylic acid groups (broad SMARTS) is 1. The minimum atomic E-state index is -1.09. The zero-order chi connectivity index (χ0) is 12.3. The lowest BCUT2D eigenvalue weighted by Crippen LogP contribution is -2.28. The number of hydrogen-bond acceptors (Lipinski definition) is 5. The minimum absolute atomic E-state index is 0.0106. The van der Waals surface area contributed by atoms with Crippen molar-refractivity contribution in [2.24, 2.45) is 0 Å². The summed E-state index contributed by atoms with van der Waals surface area (Å²) < 4.78 is 0. The molecule has 0 saturated heterocycles. The van der Waals surface area contributed by atoms with Crippen LogP contribution in [-0.4, -0.2) is 29.1 Å². The SMILES string of the molecule is CC(CC#N)N(C)c1nc(Cl)c(C(=O)O)s1. The Morgan fingerprint density at radius 2 is 2.44 bits per heavy atom. The summed E-state index contributed by atoms with van der Waals surface area (Å²) in [4.78, 5) is 16.5. The van der Waals surface area contributed by atoms with Gasteiger partial charge in [0.05, 0.1) is 12.5 Å². The molecule has 0 aliphatic carbocycles. The third-order valence-electron chi connectivity index (χ3n) is 2.12. The Bertz CT molecular complexity index is 440. The Kier molecular flexibility index (Phi) is 4.10. The average Bonchev–Trinajstić information content (AvgIpc) is 2.59. The van der Waals surface area contributed by atoms with Gasteiger partial charge in [0, 0.05) is 13.1 Å². The van der Waals surface area contributed by atoms with Crippen molar-refractivity contribution >= 4 is 34.0 Å². The van der Waals surface area contributed by atoms with Gasteiger partial charge in [0.1, 0.15) is 0 Å². The molecule has 86 valence electrons. The van der Waals surface area contributed by atoms with E-state index in [1.165, 1.54) is 0 Å². The van der Waals surface area contributed by atoms with E-state index in [1.54, 1.807) is 11.9 Å². The van der Waals surface area contributed by atoms with E-state index < -0.39 is 5.97 Å². The van der Waals surface area contributed by atoms with E-state index in [9.17, 15) is 4.79 Å². The van der Waals surface area contributed by atoms with Crippen LogP contribution in [0.25, 0.3) is 0 Å². The van der Waals surface area contributed by atoms with Crippen LogP contribution in [0.1, 0.15) is 23.0 Å². The van der Waals surface area contributed by atoms with Crippen LogP contribution in [0.4, 0.5) is 5.13 Å². The maximum atomic E-state index is 10.8. The van der Waals surface area contributed by atoms with Crippen LogP contribution in [-0.2, 0) is 0 Å². The summed E-state index contributed by atoms with van der Waals surface area (Å²) in [5, 5.41) is 17.9. The number of rotatable bonds is 4. The van der Waals surface area contributed by atoms with E-state index in [-0.39, 0.29) is 16.1 Å². The molecule has 1 atom stereocenters. The predicted octanol–water partition coefficient (Wildman–Crippen LogP) is 2.23. The summed E-state index contributed by atoms with van der Waals surface area (Å²) in [6, 6.07) is 2.01. The molecule has 0 saturated carbocycles. The molecule has 0 bridgehead atoms. The second-order valence-corrected chi connectivity index (χ2v) is 4.58. The highest BCUT2D eigenvalue weighted by Gasteiger charge is 2.20. The van der Waals surface area contributed by atoms with E-state index >= 15 is 0 Å². The number of hydrogen-bond donors (Lipinski definition) is 1. The highest BCUT2D eigenvalue weighted by molar-refractivity contribution is 7.18. The molecule has 1 rings (SSSR count). The Morgan fingerprint density at radius 1 is 1.81 bits per heavy atom. The van der Waals surface area contributed by atoms with Gasteiger partial charge in [-0.3, -0.25) is 0 Å². The highest BCUT2D eigenvalue weighted by atomic mass is 35.5. The van der Waals surface area contributed by atoms with E-state index in [0.717, 1.165) is 11.3 Å². The number of nitriles is 1. The number of aromatic nitrogens is 1. The second-order valence-electron chi connectivity index (χ2n) is 3.24. The first-order valence-electron chi connectivity index (χ1n) is 4.46. The van der Waals surface area contributed by atoms with E-state index in [1.807, 2.05) is 13.0 Å². The quantitative estimate of drug-likeness (QED) is 0.897. The average molecular weight is 260 g/mol. The van der Waals surface area contributed by atoms with Gasteiger partial charge in [-0.05, 0) is 6.92 Å². The molecule has 0 radical (unpaired) electrons. The van der Waals surface area contributed by atoms with Crippen molar-refractivity contribution in [3.05, 3.63) is 10.0 Å². The van der Waals surface area contributed by atoms with Gasteiger partial charge < -0.3 is 10.0 Å². The lowest BCUT2D eigenvalue weighted by atomic mass is 10.2. The monoisotopic (exact) mass is 259 g/mol. The first kappa shape index (κ1) is 12.7. The predicted molar refractivity (Wildman–Crippen MR) is 62.2 cm³/mol. The Hall–Kier alpha value is -1.32. The van der Waals surface area contributed by atoms with Crippen LogP contribution in [0.15, 0.2) is 0 Å². The molecule has 0 spiro atoms. The van der Waals surface area contributed by atoms with Crippen LogP contribution in [0.2, 0.25) is 5.15 Å². The molecule has 1 heterocycles. The van der Waals surface area contributed by atoms with Crippen molar-refractivity contribution in [2.75, 3.05) is 11.9 Å². The number of carboxylic acids is 1. The third-order valence-corrected chi connectivity index (χ3v) is 3.64. The molecule has 0 aromatic carbocycles. The van der Waals surface area contributed by atoms with Gasteiger partial charge in [-0.15, -0.1) is 0 Å².